The number of likely N-dealkylation sites (tertiary alicyclic amines) is 1. The molecule has 1 aliphatic carbocycles. The van der Waals surface area contributed by atoms with Gasteiger partial charge in [-0.3, -0.25) is 4.79 Å². The molecule has 25 heavy (non-hydrogen) atoms. The van der Waals surface area contributed by atoms with Crippen LogP contribution in [0.5, 0.6) is 5.75 Å². The Bertz CT molecular complexity index is 752. The third-order valence-electron chi connectivity index (χ3n) is 5.30. The van der Waals surface area contributed by atoms with E-state index >= 15 is 0 Å². The first kappa shape index (κ1) is 16.1. The van der Waals surface area contributed by atoms with Crippen molar-refractivity contribution < 1.29 is 14.1 Å². The molecule has 0 bridgehead atoms. The molecule has 1 amide bonds. The van der Waals surface area contributed by atoms with Crippen LogP contribution >= 0.6 is 0 Å². The molecule has 2 aliphatic rings. The Morgan fingerprint density at radius 1 is 1.24 bits per heavy atom. The lowest BCUT2D eigenvalue weighted by Gasteiger charge is -2.24. The van der Waals surface area contributed by atoms with E-state index in [0.29, 0.717) is 11.7 Å². The quantitative estimate of drug-likeness (QED) is 0.850. The lowest BCUT2D eigenvalue weighted by atomic mass is 10.1. The predicted octanol–water partition coefficient (Wildman–Crippen LogP) is 3.60. The summed E-state index contributed by atoms with van der Waals surface area (Å²) in [4.78, 5) is 19.3. The third-order valence-corrected chi connectivity index (χ3v) is 5.30. The standard InChI is InChI=1S/C19H23N3O3/c1-24-15-9-4-8-14(12-15)17-20-18(25-21-17)16-10-5-11-22(16)19(23)13-6-2-3-7-13/h4,8-9,12-13,16H,2-3,5-7,10-11H2,1H3. The minimum absolute atomic E-state index is 0.0834. The first-order chi connectivity index (χ1) is 12.3. The van der Waals surface area contributed by atoms with Crippen LogP contribution in [0.1, 0.15) is 50.5 Å². The van der Waals surface area contributed by atoms with Gasteiger partial charge in [0.2, 0.25) is 17.6 Å². The maximum absolute atomic E-state index is 12.8. The Hall–Kier alpha value is -2.37. The van der Waals surface area contributed by atoms with Crippen molar-refractivity contribution >= 4 is 5.91 Å². The minimum atomic E-state index is -0.0834. The molecule has 2 fully saturated rings. The van der Waals surface area contributed by atoms with Crippen molar-refractivity contribution in [3.8, 4) is 17.1 Å². The molecule has 1 unspecified atom stereocenters. The second kappa shape index (κ2) is 6.86. The number of benzene rings is 1. The van der Waals surface area contributed by atoms with Gasteiger partial charge in [-0.1, -0.05) is 30.1 Å². The first-order valence-electron chi connectivity index (χ1n) is 9.05. The van der Waals surface area contributed by atoms with Crippen LogP contribution in [-0.4, -0.2) is 34.6 Å². The summed E-state index contributed by atoms with van der Waals surface area (Å²) in [5, 5.41) is 4.12. The summed E-state index contributed by atoms with van der Waals surface area (Å²) in [5.74, 6) is 2.28. The zero-order valence-corrected chi connectivity index (χ0v) is 14.5. The Kier molecular flexibility index (Phi) is 4.42. The molecule has 1 atom stereocenters. The van der Waals surface area contributed by atoms with E-state index in [9.17, 15) is 4.79 Å². The van der Waals surface area contributed by atoms with Crippen molar-refractivity contribution in [2.24, 2.45) is 5.92 Å². The lowest BCUT2D eigenvalue weighted by Crippen LogP contribution is -2.35. The minimum Gasteiger partial charge on any atom is -0.497 e. The van der Waals surface area contributed by atoms with Crippen LogP contribution < -0.4 is 4.74 Å². The van der Waals surface area contributed by atoms with Crippen LogP contribution in [0.15, 0.2) is 28.8 Å². The number of rotatable bonds is 4. The largest absolute Gasteiger partial charge is 0.497 e. The van der Waals surface area contributed by atoms with Gasteiger partial charge in [-0.05, 0) is 37.8 Å². The molecule has 1 aliphatic heterocycles. The smallest absolute Gasteiger partial charge is 0.249 e. The predicted molar refractivity (Wildman–Crippen MR) is 91.9 cm³/mol. The van der Waals surface area contributed by atoms with E-state index < -0.39 is 0 Å². The van der Waals surface area contributed by atoms with Crippen LogP contribution in [0.25, 0.3) is 11.4 Å². The Morgan fingerprint density at radius 2 is 2.08 bits per heavy atom. The average molecular weight is 341 g/mol. The van der Waals surface area contributed by atoms with Gasteiger partial charge in [0, 0.05) is 18.0 Å². The van der Waals surface area contributed by atoms with Gasteiger partial charge >= 0.3 is 0 Å². The number of amides is 1. The van der Waals surface area contributed by atoms with E-state index in [-0.39, 0.29) is 17.9 Å². The average Bonchev–Trinajstić information content (AvgIpc) is 3.41. The van der Waals surface area contributed by atoms with Crippen molar-refractivity contribution in [3.63, 3.8) is 0 Å². The van der Waals surface area contributed by atoms with Gasteiger partial charge < -0.3 is 14.2 Å². The van der Waals surface area contributed by atoms with E-state index in [4.69, 9.17) is 9.26 Å². The van der Waals surface area contributed by atoms with Crippen LogP contribution in [0.2, 0.25) is 0 Å². The molecular weight excluding hydrogens is 318 g/mol. The van der Waals surface area contributed by atoms with E-state index in [1.54, 1.807) is 7.11 Å². The number of nitrogens with zero attached hydrogens (tertiary/aromatic N) is 3. The number of aromatic nitrogens is 2. The highest BCUT2D eigenvalue weighted by Crippen LogP contribution is 2.36. The summed E-state index contributed by atoms with van der Waals surface area (Å²) in [7, 11) is 1.63. The van der Waals surface area contributed by atoms with Crippen LogP contribution in [0.3, 0.4) is 0 Å². The van der Waals surface area contributed by atoms with Crippen molar-refractivity contribution in [1.82, 2.24) is 15.0 Å². The number of ether oxygens (including phenoxy) is 1. The van der Waals surface area contributed by atoms with Crippen LogP contribution in [-0.2, 0) is 4.79 Å². The van der Waals surface area contributed by atoms with Gasteiger partial charge in [0.15, 0.2) is 0 Å². The van der Waals surface area contributed by atoms with E-state index in [2.05, 4.69) is 10.1 Å². The van der Waals surface area contributed by atoms with Gasteiger partial charge in [0.25, 0.3) is 0 Å². The molecule has 1 aromatic heterocycles. The first-order valence-corrected chi connectivity index (χ1v) is 9.05. The third kappa shape index (κ3) is 3.13. The Labute approximate surface area is 147 Å². The van der Waals surface area contributed by atoms with Gasteiger partial charge in [-0.25, -0.2) is 0 Å². The fourth-order valence-corrected chi connectivity index (χ4v) is 3.94. The monoisotopic (exact) mass is 341 g/mol. The molecule has 0 N–H and O–H groups in total. The zero-order chi connectivity index (χ0) is 17.2. The van der Waals surface area contributed by atoms with E-state index in [1.165, 1.54) is 0 Å². The summed E-state index contributed by atoms with van der Waals surface area (Å²) in [6.07, 6.45) is 6.23. The van der Waals surface area contributed by atoms with Gasteiger partial charge in [0.1, 0.15) is 11.8 Å². The maximum atomic E-state index is 12.8. The molecule has 4 rings (SSSR count). The van der Waals surface area contributed by atoms with Crippen molar-refractivity contribution in [2.75, 3.05) is 13.7 Å². The topological polar surface area (TPSA) is 68.5 Å². The highest BCUT2D eigenvalue weighted by Gasteiger charge is 2.37. The van der Waals surface area contributed by atoms with Crippen molar-refractivity contribution in [2.45, 2.75) is 44.6 Å². The fourth-order valence-electron chi connectivity index (χ4n) is 3.94. The van der Waals surface area contributed by atoms with Crippen LogP contribution in [0, 0.1) is 5.92 Å². The SMILES string of the molecule is COc1cccc(-c2noc(C3CCCN3C(=O)C3CCCC3)n2)c1. The second-order valence-electron chi connectivity index (χ2n) is 6.86. The molecule has 0 spiro atoms. The maximum Gasteiger partial charge on any atom is 0.249 e. The Morgan fingerprint density at radius 3 is 2.88 bits per heavy atom. The number of methoxy groups -OCH3 is 1. The number of carbonyl (C=O) groups excluding carboxylic acids is 1. The molecule has 132 valence electrons. The Balaban J connectivity index is 1.55. The molecule has 2 heterocycles. The lowest BCUT2D eigenvalue weighted by molar-refractivity contribution is -0.136. The molecule has 1 saturated carbocycles. The summed E-state index contributed by atoms with van der Waals surface area (Å²) >= 11 is 0. The molecule has 6 nitrogen and oxygen atoms in total. The summed E-state index contributed by atoms with van der Waals surface area (Å²) in [6, 6.07) is 7.50. The summed E-state index contributed by atoms with van der Waals surface area (Å²) in [6.45, 7) is 0.789. The van der Waals surface area contributed by atoms with Crippen molar-refractivity contribution in [1.29, 1.82) is 0 Å². The van der Waals surface area contributed by atoms with Gasteiger partial charge in [-0.15, -0.1) is 0 Å². The number of carbonyl (C=O) groups is 1. The van der Waals surface area contributed by atoms with E-state index in [0.717, 1.165) is 56.4 Å². The molecular formula is C19H23N3O3. The molecule has 2 aromatic rings. The van der Waals surface area contributed by atoms with E-state index in [1.807, 2.05) is 29.2 Å². The summed E-state index contributed by atoms with van der Waals surface area (Å²) < 4.78 is 10.8. The molecule has 1 saturated heterocycles. The molecule has 6 heteroatoms. The number of hydrogen-bond acceptors (Lipinski definition) is 5. The molecule has 1 aromatic carbocycles. The highest BCUT2D eigenvalue weighted by molar-refractivity contribution is 5.79. The van der Waals surface area contributed by atoms with Gasteiger partial charge in [0.05, 0.1) is 7.11 Å². The highest BCUT2D eigenvalue weighted by atomic mass is 16.5. The van der Waals surface area contributed by atoms with Gasteiger partial charge in [-0.2, -0.15) is 4.98 Å². The fraction of sp³-hybridized carbons (Fsp3) is 0.526. The van der Waals surface area contributed by atoms with Crippen molar-refractivity contribution in [3.05, 3.63) is 30.2 Å². The summed E-state index contributed by atoms with van der Waals surface area (Å²) in [5.41, 5.74) is 0.848. The number of hydrogen-bond donors (Lipinski definition) is 0. The normalized spacial score (nSPS) is 21.0. The zero-order valence-electron chi connectivity index (χ0n) is 14.5. The second-order valence-corrected chi connectivity index (χ2v) is 6.86. The van der Waals surface area contributed by atoms with Crippen LogP contribution in [0.4, 0.5) is 0 Å². The molecule has 0 radical (unpaired) electrons.